The van der Waals surface area contributed by atoms with Crippen molar-refractivity contribution >= 4 is 47.4 Å². The fourth-order valence-electron chi connectivity index (χ4n) is 6.44. The van der Waals surface area contributed by atoms with Gasteiger partial charge in [-0.05, 0) is 57.2 Å². The fourth-order valence-corrected chi connectivity index (χ4v) is 6.44. The zero-order valence-electron chi connectivity index (χ0n) is 30.2. The summed E-state index contributed by atoms with van der Waals surface area (Å²) in [5.41, 5.74) is -0.0512. The number of rotatable bonds is 9. The van der Waals surface area contributed by atoms with E-state index < -0.39 is 108 Å². The first-order chi connectivity index (χ1) is 25.6. The summed E-state index contributed by atoms with van der Waals surface area (Å²) in [5.74, 6) is -8.34. The molecule has 0 unspecified atom stereocenters. The molecule has 3 saturated heterocycles. The molecule has 1 aromatic carbocycles. The average Bonchev–Trinajstić information content (AvgIpc) is 3.83. The molecule has 3 aliphatic rings. The zero-order chi connectivity index (χ0) is 39.7. The van der Waals surface area contributed by atoms with Crippen LogP contribution in [0.25, 0.3) is 0 Å². The third kappa shape index (κ3) is 10.3. The predicted octanol–water partition coefficient (Wildman–Crippen LogP) is -0.347. The van der Waals surface area contributed by atoms with Gasteiger partial charge in [0.2, 0.25) is 35.4 Å². The molecule has 6 amide bonds. The SMILES string of the molecule is C=CCOC(=O)C=CC(=O)N[C@@H](Cc1cc(F)cc(F)c1)C(=O)N[C@H]1COC(=O)[C@@H]2CCCN2C(=O)[C@H](C)NC(=O)[C@H](C)N(C)C(=O)[C@@H]2CCCN2C1=O. The van der Waals surface area contributed by atoms with Crippen molar-refractivity contribution in [3.05, 3.63) is 60.2 Å². The van der Waals surface area contributed by atoms with Crippen molar-refractivity contribution in [1.29, 1.82) is 0 Å². The molecule has 18 heteroatoms. The number of carbonyl (C=O) groups is 8. The summed E-state index contributed by atoms with van der Waals surface area (Å²) in [6.45, 7) is 5.70. The Morgan fingerprint density at radius 3 is 2.24 bits per heavy atom. The molecule has 0 radical (unpaired) electrons. The van der Waals surface area contributed by atoms with Gasteiger partial charge in [0.15, 0.2) is 0 Å². The number of carbonyl (C=O) groups excluding carboxylic acids is 8. The minimum absolute atomic E-state index is 0.0512. The van der Waals surface area contributed by atoms with Crippen LogP contribution in [0.15, 0.2) is 43.0 Å². The molecule has 292 valence electrons. The van der Waals surface area contributed by atoms with Gasteiger partial charge in [-0.1, -0.05) is 12.7 Å². The topological polar surface area (TPSA) is 201 Å². The van der Waals surface area contributed by atoms with E-state index in [-0.39, 0.29) is 38.1 Å². The van der Waals surface area contributed by atoms with Gasteiger partial charge in [-0.3, -0.25) is 28.8 Å². The lowest BCUT2D eigenvalue weighted by atomic mass is 10.0. The lowest BCUT2D eigenvalue weighted by molar-refractivity contribution is -0.158. The van der Waals surface area contributed by atoms with E-state index in [1.54, 1.807) is 0 Å². The van der Waals surface area contributed by atoms with Crippen LogP contribution >= 0.6 is 0 Å². The van der Waals surface area contributed by atoms with Crippen LogP contribution in [-0.2, 0) is 54.3 Å². The number of likely N-dealkylation sites (N-methyl/N-ethyl adjacent to an activating group) is 1. The Morgan fingerprint density at radius 1 is 0.963 bits per heavy atom. The van der Waals surface area contributed by atoms with Crippen molar-refractivity contribution < 1.29 is 56.6 Å². The van der Waals surface area contributed by atoms with Crippen molar-refractivity contribution in [2.45, 2.75) is 82.2 Å². The smallest absolute Gasteiger partial charge is 0.331 e. The molecule has 1 aromatic rings. The maximum Gasteiger partial charge on any atom is 0.331 e. The number of halogens is 2. The van der Waals surface area contributed by atoms with Crippen LogP contribution in [0.3, 0.4) is 0 Å². The predicted molar refractivity (Wildman–Crippen MR) is 184 cm³/mol. The van der Waals surface area contributed by atoms with E-state index in [1.807, 2.05) is 0 Å². The van der Waals surface area contributed by atoms with E-state index in [2.05, 4.69) is 22.5 Å². The number of hydrogen-bond donors (Lipinski definition) is 3. The maximum absolute atomic E-state index is 14.2. The number of fused-ring (bicyclic) bond motifs is 2. The van der Waals surface area contributed by atoms with Gasteiger partial charge in [-0.15, -0.1) is 0 Å². The molecule has 0 aromatic heterocycles. The van der Waals surface area contributed by atoms with Gasteiger partial charge in [0.05, 0.1) is 0 Å². The highest BCUT2D eigenvalue weighted by Crippen LogP contribution is 2.23. The number of esters is 2. The van der Waals surface area contributed by atoms with E-state index in [0.717, 1.165) is 29.2 Å². The lowest BCUT2D eigenvalue weighted by Gasteiger charge is -2.34. The highest BCUT2D eigenvalue weighted by Gasteiger charge is 2.43. The molecular formula is C36H44F2N6O10. The van der Waals surface area contributed by atoms with Crippen molar-refractivity contribution in [3.8, 4) is 0 Å². The number of hydrogen-bond acceptors (Lipinski definition) is 10. The number of benzene rings is 1. The molecule has 3 fully saturated rings. The lowest BCUT2D eigenvalue weighted by Crippen LogP contribution is -2.60. The molecule has 54 heavy (non-hydrogen) atoms. The molecule has 0 saturated carbocycles. The first-order valence-electron chi connectivity index (χ1n) is 17.5. The molecule has 6 atom stereocenters. The molecule has 0 aliphatic carbocycles. The number of amides is 6. The first kappa shape index (κ1) is 41.1. The molecular weight excluding hydrogens is 714 g/mol. The average molecular weight is 759 g/mol. The molecule has 16 nitrogen and oxygen atoms in total. The normalized spacial score (nSPS) is 24.7. The molecule has 3 heterocycles. The summed E-state index contributed by atoms with van der Waals surface area (Å²) in [4.78, 5) is 110. The Balaban J connectivity index is 1.66. The molecule has 3 N–H and O–H groups in total. The van der Waals surface area contributed by atoms with Gasteiger partial charge >= 0.3 is 11.9 Å². The Labute approximate surface area is 310 Å². The molecule has 0 spiro atoms. The van der Waals surface area contributed by atoms with Crippen LogP contribution in [0, 0.1) is 11.6 Å². The van der Waals surface area contributed by atoms with Crippen molar-refractivity contribution in [2.75, 3.05) is 33.4 Å². The van der Waals surface area contributed by atoms with E-state index in [9.17, 15) is 47.1 Å². The Hall–Kier alpha value is -5.68. The Bertz CT molecular complexity index is 1680. The van der Waals surface area contributed by atoms with Crippen molar-refractivity contribution in [3.63, 3.8) is 0 Å². The van der Waals surface area contributed by atoms with Crippen LogP contribution in [0.2, 0.25) is 0 Å². The highest BCUT2D eigenvalue weighted by molar-refractivity contribution is 5.99. The van der Waals surface area contributed by atoms with Gasteiger partial charge in [0.1, 0.15) is 61.1 Å². The minimum atomic E-state index is -1.65. The van der Waals surface area contributed by atoms with E-state index in [4.69, 9.17) is 9.47 Å². The number of nitrogens with one attached hydrogen (secondary N) is 3. The highest BCUT2D eigenvalue weighted by atomic mass is 19.1. The van der Waals surface area contributed by atoms with Crippen LogP contribution in [-0.4, -0.2) is 132 Å². The standard InChI is InChI=1S/C36H44F2N6O10/c1-5-14-53-30(46)11-10-29(45)40-25(17-22-15-23(37)18-24(38)16-22)32(48)41-26-19-54-36(52)28-9-7-13-44(28)33(49)20(2)39-31(47)21(3)42(4)35(51)27-8-6-12-43(27)34(26)50/h5,10-11,15-16,18,20-21,25-28H,1,6-9,12-14,17,19H2,2-4H3,(H,39,47)(H,40,45)(H,41,48)/t20-,21-,25-,26-,27-,28-/m0/s1. The monoisotopic (exact) mass is 758 g/mol. The second kappa shape index (κ2) is 18.4. The van der Waals surface area contributed by atoms with Crippen LogP contribution in [0.4, 0.5) is 8.78 Å². The van der Waals surface area contributed by atoms with Crippen molar-refractivity contribution in [2.24, 2.45) is 0 Å². The maximum atomic E-state index is 14.2. The minimum Gasteiger partial charge on any atom is -0.461 e. The number of ether oxygens (including phenoxy) is 2. The van der Waals surface area contributed by atoms with Gasteiger partial charge in [-0.25, -0.2) is 18.4 Å². The second-order valence-corrected chi connectivity index (χ2v) is 13.2. The van der Waals surface area contributed by atoms with Gasteiger partial charge in [-0.2, -0.15) is 0 Å². The molecule has 4 rings (SSSR count). The molecule has 3 aliphatic heterocycles. The number of nitrogens with zero attached hydrogens (tertiary/aromatic N) is 3. The summed E-state index contributed by atoms with van der Waals surface area (Å²) in [5, 5.41) is 7.41. The van der Waals surface area contributed by atoms with E-state index in [1.165, 1.54) is 36.8 Å². The Morgan fingerprint density at radius 2 is 1.59 bits per heavy atom. The van der Waals surface area contributed by atoms with E-state index in [0.29, 0.717) is 18.9 Å². The second-order valence-electron chi connectivity index (χ2n) is 13.2. The third-order valence-electron chi connectivity index (χ3n) is 9.38. The van der Waals surface area contributed by atoms with Crippen molar-refractivity contribution in [1.82, 2.24) is 30.7 Å². The summed E-state index contributed by atoms with van der Waals surface area (Å²) < 4.78 is 38.6. The van der Waals surface area contributed by atoms with E-state index >= 15 is 0 Å². The molecule has 0 bridgehead atoms. The fraction of sp³-hybridized carbons (Fsp3) is 0.500. The first-order valence-corrected chi connectivity index (χ1v) is 17.5. The third-order valence-corrected chi connectivity index (χ3v) is 9.38. The summed E-state index contributed by atoms with van der Waals surface area (Å²) in [7, 11) is 1.39. The Kier molecular flexibility index (Phi) is 14.0. The summed E-state index contributed by atoms with van der Waals surface area (Å²) >= 11 is 0. The van der Waals surface area contributed by atoms with Crippen LogP contribution in [0.1, 0.15) is 45.1 Å². The largest absolute Gasteiger partial charge is 0.461 e. The summed E-state index contributed by atoms with van der Waals surface area (Å²) in [6, 6.07) is -5.00. The number of cyclic esters (lactones) is 1. The van der Waals surface area contributed by atoms with Crippen LogP contribution < -0.4 is 16.0 Å². The van der Waals surface area contributed by atoms with Gasteiger partial charge < -0.3 is 40.1 Å². The zero-order valence-corrected chi connectivity index (χ0v) is 30.2. The van der Waals surface area contributed by atoms with Gasteiger partial charge in [0, 0.05) is 44.8 Å². The van der Waals surface area contributed by atoms with Crippen LogP contribution in [0.5, 0.6) is 0 Å². The van der Waals surface area contributed by atoms with Gasteiger partial charge in [0.25, 0.3) is 0 Å². The quantitative estimate of drug-likeness (QED) is 0.170. The summed E-state index contributed by atoms with van der Waals surface area (Å²) in [6.07, 6.45) is 3.62.